The zero-order valence-electron chi connectivity index (χ0n) is 9.99. The van der Waals surface area contributed by atoms with Crippen molar-refractivity contribution in [2.45, 2.75) is 26.7 Å². The first-order chi connectivity index (χ1) is 7.19. The molecule has 0 aromatic carbocycles. The zero-order valence-corrected chi connectivity index (χ0v) is 12.4. The van der Waals surface area contributed by atoms with Gasteiger partial charge in [-0.05, 0) is 19.8 Å². The summed E-state index contributed by atoms with van der Waals surface area (Å²) in [4.78, 5) is 16.7. The number of nitrogens with zero attached hydrogens (tertiary/aromatic N) is 1. The molecule has 0 unspecified atom stereocenters. The van der Waals surface area contributed by atoms with Gasteiger partial charge in [-0.15, -0.1) is 36.2 Å². The fourth-order valence-electron chi connectivity index (χ4n) is 1.25. The summed E-state index contributed by atoms with van der Waals surface area (Å²) in [5.41, 5.74) is 6.14. The van der Waals surface area contributed by atoms with Gasteiger partial charge in [0.2, 0.25) is 0 Å². The van der Waals surface area contributed by atoms with E-state index in [0.29, 0.717) is 18.0 Å². The number of carbonyl (C=O) groups is 1. The van der Waals surface area contributed by atoms with Crippen LogP contribution in [0.25, 0.3) is 0 Å². The topological polar surface area (TPSA) is 68.0 Å². The number of rotatable bonds is 5. The summed E-state index contributed by atoms with van der Waals surface area (Å²) in [6.45, 7) is 4.95. The number of hydrogen-bond donors (Lipinski definition) is 2. The van der Waals surface area contributed by atoms with Crippen molar-refractivity contribution in [1.29, 1.82) is 0 Å². The van der Waals surface area contributed by atoms with E-state index in [1.807, 2.05) is 6.92 Å². The molecule has 0 bridgehead atoms. The summed E-state index contributed by atoms with van der Waals surface area (Å²) in [7, 11) is 0. The van der Waals surface area contributed by atoms with E-state index in [0.717, 1.165) is 23.5 Å². The second-order valence-corrected chi connectivity index (χ2v) is 4.40. The molecule has 1 aromatic rings. The third-order valence-corrected chi connectivity index (χ3v) is 3.16. The fourth-order valence-corrected chi connectivity index (χ4v) is 2.33. The van der Waals surface area contributed by atoms with E-state index in [2.05, 4.69) is 17.2 Å². The van der Waals surface area contributed by atoms with Crippen molar-refractivity contribution in [1.82, 2.24) is 10.3 Å². The summed E-state index contributed by atoms with van der Waals surface area (Å²) in [6, 6.07) is 0. The first-order valence-electron chi connectivity index (χ1n) is 5.13. The molecule has 0 aliphatic carbocycles. The van der Waals surface area contributed by atoms with Crippen LogP contribution in [0.4, 0.5) is 0 Å². The van der Waals surface area contributed by atoms with E-state index in [9.17, 15) is 4.79 Å². The summed E-state index contributed by atoms with van der Waals surface area (Å²) in [6.07, 6.45) is 1.99. The molecule has 4 nitrogen and oxygen atoms in total. The molecule has 1 rings (SSSR count). The van der Waals surface area contributed by atoms with Crippen molar-refractivity contribution < 1.29 is 4.79 Å². The maximum absolute atomic E-state index is 11.6. The van der Waals surface area contributed by atoms with Gasteiger partial charge in [0.15, 0.2) is 0 Å². The van der Waals surface area contributed by atoms with Crippen molar-refractivity contribution in [3.63, 3.8) is 0 Å². The monoisotopic (exact) mass is 299 g/mol. The molecule has 0 spiro atoms. The van der Waals surface area contributed by atoms with E-state index in [1.54, 1.807) is 0 Å². The molecule has 0 fully saturated rings. The lowest BCUT2D eigenvalue weighted by Gasteiger charge is -2.00. The second-order valence-electron chi connectivity index (χ2n) is 3.32. The molecule has 0 aliphatic rings. The van der Waals surface area contributed by atoms with Crippen molar-refractivity contribution in [2.75, 3.05) is 13.1 Å². The Hall–Kier alpha value is -0.360. The van der Waals surface area contributed by atoms with Gasteiger partial charge >= 0.3 is 0 Å². The van der Waals surface area contributed by atoms with Crippen molar-refractivity contribution in [3.05, 3.63) is 15.6 Å². The molecule has 0 aliphatic heterocycles. The number of aryl methyl sites for hydroxylation is 2. The van der Waals surface area contributed by atoms with Gasteiger partial charge in [0.1, 0.15) is 4.88 Å². The maximum Gasteiger partial charge on any atom is 0.263 e. The smallest absolute Gasteiger partial charge is 0.263 e. The minimum atomic E-state index is -0.0576. The number of hydrogen-bond acceptors (Lipinski definition) is 4. The molecule has 0 saturated carbocycles. The van der Waals surface area contributed by atoms with Gasteiger partial charge in [-0.3, -0.25) is 4.79 Å². The highest BCUT2D eigenvalue weighted by Crippen LogP contribution is 2.18. The number of carbonyl (C=O) groups excluding carboxylic acids is 1. The number of nitrogens with two attached hydrogens (primary N) is 1. The highest BCUT2D eigenvalue weighted by Gasteiger charge is 2.13. The molecule has 0 atom stereocenters. The molecule has 1 amide bonds. The van der Waals surface area contributed by atoms with Crippen LogP contribution in [0.1, 0.15) is 33.7 Å². The van der Waals surface area contributed by atoms with Crippen LogP contribution in [-0.4, -0.2) is 24.0 Å². The zero-order chi connectivity index (χ0) is 11.3. The van der Waals surface area contributed by atoms with Gasteiger partial charge < -0.3 is 11.1 Å². The van der Waals surface area contributed by atoms with E-state index in [4.69, 9.17) is 5.73 Å². The normalized spacial score (nSPS) is 9.12. The van der Waals surface area contributed by atoms with Crippen LogP contribution in [0, 0.1) is 6.92 Å². The lowest BCUT2D eigenvalue weighted by molar-refractivity contribution is 0.0958. The molecular formula is C10H19Cl2N3OS. The Balaban J connectivity index is 0. The average molecular weight is 300 g/mol. The Bertz CT molecular complexity index is 344. The van der Waals surface area contributed by atoms with E-state index in [1.165, 1.54) is 11.3 Å². The standard InChI is InChI=1S/C10H17N3OS.2ClH/c1-3-4-8-13-7(2)9(15-8)10(14)12-6-5-11;;/h3-6,11H2,1-2H3,(H,12,14);2*1H. The van der Waals surface area contributed by atoms with Crippen LogP contribution in [0.3, 0.4) is 0 Å². The van der Waals surface area contributed by atoms with Crippen LogP contribution in [-0.2, 0) is 6.42 Å². The SMILES string of the molecule is CCCc1nc(C)c(C(=O)NCCN)s1.Cl.Cl. The fraction of sp³-hybridized carbons (Fsp3) is 0.600. The third-order valence-electron chi connectivity index (χ3n) is 1.94. The van der Waals surface area contributed by atoms with Gasteiger partial charge in [-0.2, -0.15) is 0 Å². The van der Waals surface area contributed by atoms with Crippen molar-refractivity contribution >= 4 is 42.1 Å². The van der Waals surface area contributed by atoms with Gasteiger partial charge in [-0.1, -0.05) is 6.92 Å². The minimum Gasteiger partial charge on any atom is -0.350 e. The van der Waals surface area contributed by atoms with Crippen LogP contribution in [0.5, 0.6) is 0 Å². The van der Waals surface area contributed by atoms with Crippen molar-refractivity contribution in [3.8, 4) is 0 Å². The quantitative estimate of drug-likeness (QED) is 0.873. The molecule has 7 heteroatoms. The maximum atomic E-state index is 11.6. The minimum absolute atomic E-state index is 0. The van der Waals surface area contributed by atoms with E-state index >= 15 is 0 Å². The Labute approximate surface area is 118 Å². The summed E-state index contributed by atoms with van der Waals surface area (Å²) in [5, 5.41) is 3.79. The molecule has 3 N–H and O–H groups in total. The molecule has 17 heavy (non-hydrogen) atoms. The average Bonchev–Trinajstić information content (AvgIpc) is 2.57. The van der Waals surface area contributed by atoms with Gasteiger partial charge in [0.25, 0.3) is 5.91 Å². The summed E-state index contributed by atoms with van der Waals surface area (Å²) in [5.74, 6) is -0.0576. The van der Waals surface area contributed by atoms with Crippen molar-refractivity contribution in [2.24, 2.45) is 5.73 Å². The first-order valence-corrected chi connectivity index (χ1v) is 5.95. The molecule has 0 saturated heterocycles. The van der Waals surface area contributed by atoms with E-state index in [-0.39, 0.29) is 30.7 Å². The highest BCUT2D eigenvalue weighted by atomic mass is 35.5. The van der Waals surface area contributed by atoms with Gasteiger partial charge in [0.05, 0.1) is 10.7 Å². The lowest BCUT2D eigenvalue weighted by atomic mass is 10.3. The van der Waals surface area contributed by atoms with Crippen LogP contribution < -0.4 is 11.1 Å². The number of halogens is 2. The van der Waals surface area contributed by atoms with Crippen LogP contribution in [0.15, 0.2) is 0 Å². The predicted molar refractivity (Wildman–Crippen MR) is 76.7 cm³/mol. The Kier molecular flexibility index (Phi) is 10.8. The summed E-state index contributed by atoms with van der Waals surface area (Å²) < 4.78 is 0. The number of amides is 1. The lowest BCUT2D eigenvalue weighted by Crippen LogP contribution is -2.28. The molecule has 0 radical (unpaired) electrons. The van der Waals surface area contributed by atoms with Crippen LogP contribution in [0.2, 0.25) is 0 Å². The largest absolute Gasteiger partial charge is 0.350 e. The molecular weight excluding hydrogens is 281 g/mol. The number of aromatic nitrogens is 1. The Morgan fingerprint density at radius 3 is 2.65 bits per heavy atom. The van der Waals surface area contributed by atoms with Gasteiger partial charge in [0, 0.05) is 13.1 Å². The molecule has 1 aromatic heterocycles. The second kappa shape index (κ2) is 9.65. The predicted octanol–water partition coefficient (Wildman–Crippen LogP) is 1.94. The van der Waals surface area contributed by atoms with E-state index < -0.39 is 0 Å². The number of thiazole rings is 1. The van der Waals surface area contributed by atoms with Gasteiger partial charge in [-0.25, -0.2) is 4.98 Å². The highest BCUT2D eigenvalue weighted by molar-refractivity contribution is 7.13. The van der Waals surface area contributed by atoms with Crippen LogP contribution >= 0.6 is 36.2 Å². The Morgan fingerprint density at radius 2 is 2.12 bits per heavy atom. The number of nitrogens with one attached hydrogen (secondary N) is 1. The molecule has 100 valence electrons. The summed E-state index contributed by atoms with van der Waals surface area (Å²) >= 11 is 1.48. The molecule has 1 heterocycles. The Morgan fingerprint density at radius 1 is 1.47 bits per heavy atom. The third kappa shape index (κ3) is 5.68. The first kappa shape index (κ1) is 19.0.